The van der Waals surface area contributed by atoms with Crippen LogP contribution in [0.25, 0.3) is 6.08 Å². The van der Waals surface area contributed by atoms with Gasteiger partial charge in [0.15, 0.2) is 0 Å². The first-order valence-electron chi connectivity index (χ1n) is 9.12. The van der Waals surface area contributed by atoms with Gasteiger partial charge in [-0.05, 0) is 79.3 Å². The zero-order chi connectivity index (χ0) is 17.2. The predicted molar refractivity (Wildman–Crippen MR) is 110 cm³/mol. The number of carbonyl (C=O) groups is 1. The molecular weight excluding hydrogens is 344 g/mol. The van der Waals surface area contributed by atoms with E-state index in [4.69, 9.17) is 0 Å². The molecule has 0 saturated carbocycles. The van der Waals surface area contributed by atoms with Crippen molar-refractivity contribution in [1.82, 2.24) is 4.90 Å². The van der Waals surface area contributed by atoms with Gasteiger partial charge in [0.1, 0.15) is 0 Å². The lowest BCUT2D eigenvalue weighted by Crippen LogP contribution is -2.30. The Labute approximate surface area is 161 Å². The number of aryl methyl sites for hydroxylation is 1. The van der Waals surface area contributed by atoms with Crippen molar-refractivity contribution in [3.63, 3.8) is 0 Å². The van der Waals surface area contributed by atoms with Crippen molar-refractivity contribution in [2.75, 3.05) is 18.4 Å². The molecule has 2 aliphatic rings. The smallest absolute Gasteiger partial charge is 0.248 e. The molecule has 1 saturated heterocycles. The summed E-state index contributed by atoms with van der Waals surface area (Å²) in [6, 6.07) is 15.1. The summed E-state index contributed by atoms with van der Waals surface area (Å²) >= 11 is 0. The average molecular weight is 369 g/mol. The van der Waals surface area contributed by atoms with Crippen LogP contribution in [0.4, 0.5) is 5.69 Å². The fraction of sp³-hybridized carbons (Fsp3) is 0.318. The lowest BCUT2D eigenvalue weighted by molar-refractivity contribution is -0.111. The van der Waals surface area contributed by atoms with Crippen molar-refractivity contribution in [3.8, 4) is 0 Å². The molecule has 2 aromatic carbocycles. The molecule has 2 aliphatic heterocycles. The normalized spacial score (nSPS) is 18.9. The van der Waals surface area contributed by atoms with Gasteiger partial charge in [-0.15, -0.1) is 12.4 Å². The summed E-state index contributed by atoms with van der Waals surface area (Å²) in [5, 5.41) is 2.92. The van der Waals surface area contributed by atoms with Gasteiger partial charge in [0, 0.05) is 24.4 Å². The van der Waals surface area contributed by atoms with Gasteiger partial charge in [0.05, 0.1) is 0 Å². The van der Waals surface area contributed by atoms with E-state index < -0.39 is 0 Å². The molecule has 0 bridgehead atoms. The third-order valence-electron chi connectivity index (χ3n) is 5.27. The predicted octanol–water partition coefficient (Wildman–Crippen LogP) is 4.76. The third-order valence-corrected chi connectivity index (χ3v) is 5.27. The SMILES string of the molecule is Cc1cccc(NC(=O)C=Cc2ccc3c(c2)C2CCCN2CC3)c1.Cl. The monoisotopic (exact) mass is 368 g/mol. The summed E-state index contributed by atoms with van der Waals surface area (Å²) in [5.41, 5.74) is 6.01. The van der Waals surface area contributed by atoms with Crippen LogP contribution in [0, 0.1) is 6.92 Å². The van der Waals surface area contributed by atoms with Gasteiger partial charge in [0.2, 0.25) is 5.91 Å². The Morgan fingerprint density at radius 1 is 1.19 bits per heavy atom. The minimum atomic E-state index is -0.0918. The van der Waals surface area contributed by atoms with E-state index in [2.05, 4.69) is 28.4 Å². The van der Waals surface area contributed by atoms with Gasteiger partial charge in [-0.25, -0.2) is 0 Å². The molecule has 4 rings (SSSR count). The van der Waals surface area contributed by atoms with Gasteiger partial charge < -0.3 is 5.32 Å². The van der Waals surface area contributed by atoms with E-state index in [0.29, 0.717) is 6.04 Å². The van der Waals surface area contributed by atoms with Gasteiger partial charge in [-0.3, -0.25) is 9.69 Å². The van der Waals surface area contributed by atoms with Gasteiger partial charge in [0.25, 0.3) is 0 Å². The number of benzene rings is 2. The minimum Gasteiger partial charge on any atom is -0.323 e. The fourth-order valence-corrected chi connectivity index (χ4v) is 4.04. The van der Waals surface area contributed by atoms with Gasteiger partial charge in [-0.2, -0.15) is 0 Å². The molecule has 4 heteroatoms. The number of halogens is 1. The van der Waals surface area contributed by atoms with Crippen molar-refractivity contribution in [1.29, 1.82) is 0 Å². The molecule has 1 N–H and O–H groups in total. The topological polar surface area (TPSA) is 32.3 Å². The highest BCUT2D eigenvalue weighted by atomic mass is 35.5. The summed E-state index contributed by atoms with van der Waals surface area (Å²) in [6.07, 6.45) is 7.24. The van der Waals surface area contributed by atoms with Crippen LogP contribution in [-0.4, -0.2) is 23.9 Å². The summed E-state index contributed by atoms with van der Waals surface area (Å²) in [7, 11) is 0. The molecule has 0 aliphatic carbocycles. The number of amides is 1. The quantitative estimate of drug-likeness (QED) is 0.792. The van der Waals surface area contributed by atoms with E-state index in [0.717, 1.165) is 23.2 Å². The van der Waals surface area contributed by atoms with E-state index >= 15 is 0 Å². The van der Waals surface area contributed by atoms with Crippen LogP contribution in [0.3, 0.4) is 0 Å². The van der Waals surface area contributed by atoms with E-state index in [1.807, 2.05) is 37.3 Å². The summed E-state index contributed by atoms with van der Waals surface area (Å²) < 4.78 is 0. The Morgan fingerprint density at radius 3 is 2.92 bits per heavy atom. The number of fused-ring (bicyclic) bond motifs is 3. The first kappa shape index (κ1) is 18.7. The minimum absolute atomic E-state index is 0. The molecule has 1 fully saturated rings. The van der Waals surface area contributed by atoms with Crippen molar-refractivity contribution < 1.29 is 4.79 Å². The molecule has 26 heavy (non-hydrogen) atoms. The van der Waals surface area contributed by atoms with E-state index in [1.165, 1.54) is 37.1 Å². The largest absolute Gasteiger partial charge is 0.323 e. The van der Waals surface area contributed by atoms with Crippen LogP contribution >= 0.6 is 12.4 Å². The lowest BCUT2D eigenvalue weighted by atomic mass is 9.91. The van der Waals surface area contributed by atoms with E-state index in [-0.39, 0.29) is 18.3 Å². The number of hydrogen-bond donors (Lipinski definition) is 1. The lowest BCUT2D eigenvalue weighted by Gasteiger charge is -2.32. The zero-order valence-corrected chi connectivity index (χ0v) is 15.9. The molecule has 1 atom stereocenters. The van der Waals surface area contributed by atoms with Gasteiger partial charge >= 0.3 is 0 Å². The van der Waals surface area contributed by atoms with E-state index in [1.54, 1.807) is 6.08 Å². The highest BCUT2D eigenvalue weighted by Gasteiger charge is 2.30. The number of carbonyl (C=O) groups excluding carboxylic acids is 1. The van der Waals surface area contributed by atoms with Crippen molar-refractivity contribution >= 4 is 30.1 Å². The number of anilines is 1. The Balaban J connectivity index is 0.00000196. The van der Waals surface area contributed by atoms with Crippen LogP contribution in [0.2, 0.25) is 0 Å². The Morgan fingerprint density at radius 2 is 2.08 bits per heavy atom. The maximum absolute atomic E-state index is 12.2. The molecule has 1 unspecified atom stereocenters. The number of nitrogens with zero attached hydrogens (tertiary/aromatic N) is 1. The van der Waals surface area contributed by atoms with Gasteiger partial charge in [-0.1, -0.05) is 24.3 Å². The van der Waals surface area contributed by atoms with Crippen LogP contribution in [-0.2, 0) is 11.2 Å². The summed E-state index contributed by atoms with van der Waals surface area (Å²) in [4.78, 5) is 14.8. The second-order valence-corrected chi connectivity index (χ2v) is 7.09. The van der Waals surface area contributed by atoms with Crippen LogP contribution in [0.5, 0.6) is 0 Å². The van der Waals surface area contributed by atoms with Crippen LogP contribution < -0.4 is 5.32 Å². The standard InChI is InChI=1S/C22H24N2O.ClH/c1-16-4-2-5-19(14-16)23-22(25)10-8-17-7-9-18-11-13-24-12-3-6-21(24)20(18)15-17;/h2,4-5,7-10,14-15,21H,3,6,11-13H2,1H3,(H,23,25);1H. The van der Waals surface area contributed by atoms with Crippen LogP contribution in [0.1, 0.15) is 41.1 Å². The average Bonchev–Trinajstić information content (AvgIpc) is 3.09. The molecule has 0 spiro atoms. The highest BCUT2D eigenvalue weighted by molar-refractivity contribution is 6.01. The summed E-state index contributed by atoms with van der Waals surface area (Å²) in [5.74, 6) is -0.0918. The third kappa shape index (κ3) is 4.00. The maximum atomic E-state index is 12.2. The first-order valence-corrected chi connectivity index (χ1v) is 9.12. The zero-order valence-electron chi connectivity index (χ0n) is 15.1. The van der Waals surface area contributed by atoms with Crippen LogP contribution in [0.15, 0.2) is 48.5 Å². The molecule has 0 aromatic heterocycles. The number of nitrogens with one attached hydrogen (secondary N) is 1. The Bertz CT molecular complexity index is 831. The molecule has 0 radical (unpaired) electrons. The molecule has 3 nitrogen and oxygen atoms in total. The Kier molecular flexibility index (Phi) is 5.80. The fourth-order valence-electron chi connectivity index (χ4n) is 4.04. The molecule has 2 aromatic rings. The number of rotatable bonds is 3. The summed E-state index contributed by atoms with van der Waals surface area (Å²) in [6.45, 7) is 4.43. The number of hydrogen-bond acceptors (Lipinski definition) is 2. The Hall–Kier alpha value is -2.10. The van der Waals surface area contributed by atoms with Crippen molar-refractivity contribution in [3.05, 3.63) is 70.8 Å². The highest BCUT2D eigenvalue weighted by Crippen LogP contribution is 2.37. The molecule has 136 valence electrons. The maximum Gasteiger partial charge on any atom is 0.248 e. The van der Waals surface area contributed by atoms with Crippen molar-refractivity contribution in [2.45, 2.75) is 32.2 Å². The molecule has 1 amide bonds. The van der Waals surface area contributed by atoms with E-state index in [9.17, 15) is 4.79 Å². The molecule has 2 heterocycles. The second-order valence-electron chi connectivity index (χ2n) is 7.09. The second kappa shape index (κ2) is 8.07. The molecular formula is C22H25ClN2O. The van der Waals surface area contributed by atoms with Crippen molar-refractivity contribution in [2.24, 2.45) is 0 Å². The first-order chi connectivity index (χ1) is 12.2.